The maximum atomic E-state index is 4.65. The smallest absolute Gasteiger partial charge is 0.0708 e. The van der Waals surface area contributed by atoms with Gasteiger partial charge in [-0.2, -0.15) is 0 Å². The van der Waals surface area contributed by atoms with Gasteiger partial charge in [0.25, 0.3) is 0 Å². The molecule has 0 aliphatic heterocycles. The maximum Gasteiger partial charge on any atom is 0.0708 e. The molecule has 0 aliphatic carbocycles. The second kappa shape index (κ2) is 22.0. The van der Waals surface area contributed by atoms with Gasteiger partial charge in [-0.1, -0.05) is 219 Å². The highest BCUT2D eigenvalue weighted by atomic mass is 14.7. The Labute approximate surface area is 497 Å². The summed E-state index contributed by atoms with van der Waals surface area (Å²) in [6.45, 7) is 7.28. The van der Waals surface area contributed by atoms with Crippen molar-refractivity contribution in [2.24, 2.45) is 0 Å². The van der Waals surface area contributed by atoms with Crippen molar-refractivity contribution in [1.82, 2.24) is 24.9 Å². The molecular formula is C81H53N5. The lowest BCUT2D eigenvalue weighted by atomic mass is 9.87. The van der Waals surface area contributed by atoms with Crippen molar-refractivity contribution in [2.75, 3.05) is 0 Å². The molecule has 0 atom stereocenters. The van der Waals surface area contributed by atoms with Gasteiger partial charge in [0.1, 0.15) is 0 Å². The second-order valence-electron chi connectivity index (χ2n) is 21.6. The summed E-state index contributed by atoms with van der Waals surface area (Å²) in [4.78, 5) is 21.7. The molecule has 0 amide bonds. The van der Waals surface area contributed by atoms with Crippen LogP contribution in [0.15, 0.2) is 299 Å². The predicted molar refractivity (Wildman–Crippen MR) is 364 cm³/mol. The zero-order valence-corrected chi connectivity index (χ0v) is 46.9. The van der Waals surface area contributed by atoms with Crippen LogP contribution in [0.1, 0.15) is 11.3 Å². The first-order chi connectivity index (χ1) is 42.6. The van der Waals surface area contributed by atoms with Gasteiger partial charge >= 0.3 is 0 Å². The van der Waals surface area contributed by atoms with Crippen LogP contribution in [0.4, 0.5) is 0 Å². The zero-order chi connectivity index (χ0) is 57.5. The molecule has 12 aromatic carbocycles. The number of rotatable bonds is 8. The van der Waals surface area contributed by atoms with E-state index in [4.69, 9.17) is 0 Å². The van der Waals surface area contributed by atoms with Crippen LogP contribution in [0.5, 0.6) is 0 Å². The van der Waals surface area contributed by atoms with Crippen LogP contribution in [0.25, 0.3) is 165 Å². The monoisotopic (exact) mass is 1100 g/mol. The fourth-order valence-corrected chi connectivity index (χ4v) is 12.8. The molecule has 0 unspecified atom stereocenters. The molecule has 5 heterocycles. The molecule has 0 saturated carbocycles. The SMILES string of the molecule is C=Cc1cccnc1C=C.c1ccc(-c2ccc3ccc4c(-c5ccc(-c6cccc7cnccc67)cc5)ccc5ccc2c3c54)nc1.c1cncc(-c2ccc3ccc4c(-c5ccc(-c6cccc7cnccc67)cc5)ccc5ccc2c3c54)c1. The predicted octanol–water partition coefficient (Wildman–Crippen LogP) is 21.4. The van der Waals surface area contributed by atoms with Crippen molar-refractivity contribution in [3.8, 4) is 66.9 Å². The molecule has 5 heteroatoms. The van der Waals surface area contributed by atoms with Gasteiger partial charge in [0.15, 0.2) is 0 Å². The minimum Gasteiger partial charge on any atom is -0.264 e. The van der Waals surface area contributed by atoms with Crippen molar-refractivity contribution in [1.29, 1.82) is 0 Å². The van der Waals surface area contributed by atoms with E-state index >= 15 is 0 Å². The van der Waals surface area contributed by atoms with Crippen LogP contribution in [0, 0.1) is 0 Å². The molecule has 0 saturated heterocycles. The van der Waals surface area contributed by atoms with Crippen LogP contribution < -0.4 is 0 Å². The number of hydrogen-bond acceptors (Lipinski definition) is 5. The summed E-state index contributed by atoms with van der Waals surface area (Å²) in [6, 6.07) is 85.1. The van der Waals surface area contributed by atoms with Crippen molar-refractivity contribution in [3.05, 3.63) is 311 Å². The normalized spacial score (nSPS) is 11.3. The number of fused-ring (bicyclic) bond motifs is 2. The van der Waals surface area contributed by atoms with E-state index < -0.39 is 0 Å². The summed E-state index contributed by atoms with van der Waals surface area (Å²) >= 11 is 0. The largest absolute Gasteiger partial charge is 0.264 e. The van der Waals surface area contributed by atoms with E-state index in [1.54, 1.807) is 18.3 Å². The number of hydrogen-bond donors (Lipinski definition) is 0. The minimum atomic E-state index is 0.887. The highest BCUT2D eigenvalue weighted by Gasteiger charge is 2.18. The Hall–Kier alpha value is -11.5. The van der Waals surface area contributed by atoms with Crippen LogP contribution in [0.2, 0.25) is 0 Å². The quantitative estimate of drug-likeness (QED) is 0.142. The van der Waals surface area contributed by atoms with Crippen molar-refractivity contribution in [3.63, 3.8) is 0 Å². The van der Waals surface area contributed by atoms with Crippen molar-refractivity contribution in [2.45, 2.75) is 0 Å². The summed E-state index contributed by atoms with van der Waals surface area (Å²) in [5, 5.41) is 20.2. The molecule has 17 rings (SSSR count). The molecular weight excluding hydrogens is 1040 g/mol. The number of aromatic nitrogens is 5. The molecule has 0 radical (unpaired) electrons. The fraction of sp³-hybridized carbons (Fsp3) is 0. The van der Waals surface area contributed by atoms with E-state index in [0.29, 0.717) is 0 Å². The topological polar surface area (TPSA) is 64.5 Å². The molecule has 0 spiro atoms. The standard InChI is InChI=1S/2C36H22N2.C9H9N/c1-3-27-22-38-20-18-32(27)29(5-1)23-6-8-24(9-7-23)30-14-10-25-13-17-34-31(28-4-2-19-37-21-28)15-11-26-12-16-33(30)35(25)36(26)34;1-2-20-38-34(6-1)31-16-12-26-13-17-32-29(15-11-25-14-18-33(31)36(26)35(25)32)24-9-7-23(8-10-24)28-5-3-4-27-22-37-21-19-30(27)28;1-3-8-6-5-7-10-9(8)4-2/h2*1-22H;3-7H,1-2H2. The van der Waals surface area contributed by atoms with Gasteiger partial charge in [0, 0.05) is 71.5 Å². The van der Waals surface area contributed by atoms with Crippen LogP contribution in [0.3, 0.4) is 0 Å². The number of nitrogens with zero attached hydrogens (tertiary/aromatic N) is 5. The summed E-state index contributed by atoms with van der Waals surface area (Å²) < 4.78 is 0. The first kappa shape index (κ1) is 51.4. The highest BCUT2D eigenvalue weighted by molar-refractivity contribution is 6.29. The molecule has 86 heavy (non-hydrogen) atoms. The lowest BCUT2D eigenvalue weighted by Crippen LogP contribution is -1.90. The average molecular weight is 1100 g/mol. The Morgan fingerprint density at radius 1 is 0.244 bits per heavy atom. The zero-order valence-electron chi connectivity index (χ0n) is 46.9. The van der Waals surface area contributed by atoms with Crippen molar-refractivity contribution < 1.29 is 0 Å². The molecule has 5 nitrogen and oxygen atoms in total. The van der Waals surface area contributed by atoms with Crippen LogP contribution >= 0.6 is 0 Å². The summed E-state index contributed by atoms with van der Waals surface area (Å²) in [7, 11) is 0. The summed E-state index contributed by atoms with van der Waals surface area (Å²) in [6.07, 6.45) is 18.5. The van der Waals surface area contributed by atoms with Crippen LogP contribution in [-0.4, -0.2) is 24.9 Å². The van der Waals surface area contributed by atoms with E-state index in [-0.39, 0.29) is 0 Å². The Balaban J connectivity index is 0.000000125. The molecule has 0 fully saturated rings. The van der Waals surface area contributed by atoms with E-state index in [9.17, 15) is 0 Å². The Morgan fingerprint density at radius 3 is 1.09 bits per heavy atom. The number of benzene rings is 12. The second-order valence-corrected chi connectivity index (χ2v) is 21.6. The van der Waals surface area contributed by atoms with Crippen LogP contribution in [-0.2, 0) is 0 Å². The minimum absolute atomic E-state index is 0.887. The summed E-state index contributed by atoms with van der Waals surface area (Å²) in [5.74, 6) is 0. The van der Waals surface area contributed by atoms with Gasteiger partial charge in [0.2, 0.25) is 0 Å². The lowest BCUT2D eigenvalue weighted by molar-refractivity contribution is 1.28. The van der Waals surface area contributed by atoms with E-state index in [2.05, 4.69) is 250 Å². The van der Waals surface area contributed by atoms with Gasteiger partial charge in [-0.05, 0) is 174 Å². The first-order valence-corrected chi connectivity index (χ1v) is 28.9. The third-order valence-corrected chi connectivity index (χ3v) is 16.9. The molecule has 17 aromatic rings. The van der Waals surface area contributed by atoms with E-state index in [1.807, 2.05) is 67.6 Å². The van der Waals surface area contributed by atoms with Crippen molar-refractivity contribution >= 4 is 98.3 Å². The average Bonchev–Trinajstić information content (AvgIpc) is 1.02. The third kappa shape index (κ3) is 9.12. The number of pyridine rings is 5. The molecule has 402 valence electrons. The molecule has 5 aromatic heterocycles. The Bertz CT molecular complexity index is 5020. The molecule has 0 aliphatic rings. The van der Waals surface area contributed by atoms with Gasteiger partial charge in [-0.3, -0.25) is 24.9 Å². The summed E-state index contributed by atoms with van der Waals surface area (Å²) in [5.41, 5.74) is 16.3. The highest BCUT2D eigenvalue weighted by Crippen LogP contribution is 2.45. The first-order valence-electron chi connectivity index (χ1n) is 28.9. The Kier molecular flexibility index (Phi) is 13.1. The maximum absolute atomic E-state index is 4.65. The van der Waals surface area contributed by atoms with Gasteiger partial charge in [-0.15, -0.1) is 0 Å². The van der Waals surface area contributed by atoms with Gasteiger partial charge in [-0.25, -0.2) is 0 Å². The molecule has 0 N–H and O–H groups in total. The fourth-order valence-electron chi connectivity index (χ4n) is 12.8. The molecule has 0 bridgehead atoms. The van der Waals surface area contributed by atoms with Gasteiger partial charge in [0.05, 0.1) is 11.4 Å². The van der Waals surface area contributed by atoms with Gasteiger partial charge < -0.3 is 0 Å². The Morgan fingerprint density at radius 2 is 0.663 bits per heavy atom. The van der Waals surface area contributed by atoms with E-state index in [1.165, 1.54) is 131 Å². The third-order valence-electron chi connectivity index (χ3n) is 16.9. The van der Waals surface area contributed by atoms with E-state index in [0.717, 1.165) is 33.3 Å². The lowest BCUT2D eigenvalue weighted by Gasteiger charge is -2.16.